The summed E-state index contributed by atoms with van der Waals surface area (Å²) in [4.78, 5) is 6.95. The second-order valence-electron chi connectivity index (χ2n) is 6.81. The van der Waals surface area contributed by atoms with E-state index in [1.54, 1.807) is 0 Å². The van der Waals surface area contributed by atoms with Gasteiger partial charge in [0.25, 0.3) is 0 Å². The smallest absolute Gasteiger partial charge is 0.194 e. The molecule has 26 heavy (non-hydrogen) atoms. The van der Waals surface area contributed by atoms with Crippen molar-refractivity contribution in [3.63, 3.8) is 0 Å². The fraction of sp³-hybridized carbons (Fsp3) is 0.476. The molecule has 5 nitrogen and oxygen atoms in total. The molecule has 1 aromatic carbocycles. The molecule has 0 radical (unpaired) electrons. The number of aromatic nitrogens is 1. The van der Waals surface area contributed by atoms with Gasteiger partial charge in [-0.1, -0.05) is 24.3 Å². The van der Waals surface area contributed by atoms with E-state index >= 15 is 0 Å². The van der Waals surface area contributed by atoms with Crippen LogP contribution in [0.4, 0.5) is 0 Å². The average Bonchev–Trinajstić information content (AvgIpc) is 3.02. The maximum absolute atomic E-state index is 5.64. The van der Waals surface area contributed by atoms with E-state index in [2.05, 4.69) is 92.2 Å². The summed E-state index contributed by atoms with van der Waals surface area (Å²) < 4.78 is 7.78. The highest BCUT2D eigenvalue weighted by molar-refractivity contribution is 5.79. The van der Waals surface area contributed by atoms with E-state index in [4.69, 9.17) is 9.73 Å². The largest absolute Gasteiger partial charge is 0.374 e. The first-order valence-corrected chi connectivity index (χ1v) is 9.28. The number of aliphatic imine (C=N–C) groups is 1. The molecule has 1 heterocycles. The van der Waals surface area contributed by atoms with Crippen molar-refractivity contribution in [2.45, 2.75) is 46.6 Å². The van der Waals surface area contributed by atoms with Crippen LogP contribution in [-0.4, -0.2) is 35.1 Å². The number of rotatable bonds is 8. The summed E-state index contributed by atoms with van der Waals surface area (Å²) in [6.07, 6.45) is 2.32. The molecule has 0 saturated heterocycles. The quantitative estimate of drug-likeness (QED) is 0.581. The van der Waals surface area contributed by atoms with Crippen molar-refractivity contribution in [3.8, 4) is 0 Å². The summed E-state index contributed by atoms with van der Waals surface area (Å²) in [5.74, 6) is 0.918. The number of nitrogens with zero attached hydrogens (tertiary/aromatic N) is 3. The molecule has 0 fully saturated rings. The topological polar surface area (TPSA) is 41.8 Å². The van der Waals surface area contributed by atoms with Gasteiger partial charge in [0, 0.05) is 32.5 Å². The van der Waals surface area contributed by atoms with Gasteiger partial charge in [0.2, 0.25) is 0 Å². The normalized spacial score (nSPS) is 11.8. The van der Waals surface area contributed by atoms with Gasteiger partial charge in [-0.3, -0.25) is 0 Å². The van der Waals surface area contributed by atoms with Gasteiger partial charge >= 0.3 is 0 Å². The number of guanidine groups is 1. The Balaban J connectivity index is 1.98. The molecular weight excluding hydrogens is 324 g/mol. The van der Waals surface area contributed by atoms with E-state index in [9.17, 15) is 0 Å². The van der Waals surface area contributed by atoms with Crippen LogP contribution in [0.2, 0.25) is 0 Å². The minimum absolute atomic E-state index is 0.252. The van der Waals surface area contributed by atoms with Gasteiger partial charge in [0.1, 0.15) is 0 Å². The molecule has 1 N–H and O–H groups in total. The molecule has 1 aromatic heterocycles. The van der Waals surface area contributed by atoms with Crippen LogP contribution in [0.1, 0.15) is 37.6 Å². The van der Waals surface area contributed by atoms with Crippen LogP contribution in [-0.2, 0) is 31.5 Å². The predicted octanol–water partition coefficient (Wildman–Crippen LogP) is 3.55. The van der Waals surface area contributed by atoms with Crippen molar-refractivity contribution in [3.05, 3.63) is 59.4 Å². The molecule has 0 atom stereocenters. The van der Waals surface area contributed by atoms with E-state index in [0.29, 0.717) is 13.2 Å². The van der Waals surface area contributed by atoms with Gasteiger partial charge < -0.3 is 19.5 Å². The van der Waals surface area contributed by atoms with Crippen LogP contribution in [0.15, 0.2) is 47.6 Å². The van der Waals surface area contributed by atoms with Crippen molar-refractivity contribution >= 4 is 5.96 Å². The average molecular weight is 357 g/mol. The zero-order valence-corrected chi connectivity index (χ0v) is 16.7. The van der Waals surface area contributed by atoms with E-state index < -0.39 is 0 Å². The van der Waals surface area contributed by atoms with Gasteiger partial charge in [-0.05, 0) is 44.0 Å². The van der Waals surface area contributed by atoms with Gasteiger partial charge in [-0.2, -0.15) is 0 Å². The van der Waals surface area contributed by atoms with Gasteiger partial charge in [0.05, 0.1) is 25.8 Å². The summed E-state index contributed by atoms with van der Waals surface area (Å²) in [6, 6.07) is 12.7. The van der Waals surface area contributed by atoms with Crippen molar-refractivity contribution < 1.29 is 4.74 Å². The molecule has 0 amide bonds. The predicted molar refractivity (Wildman–Crippen MR) is 108 cm³/mol. The highest BCUT2D eigenvalue weighted by Gasteiger charge is 2.08. The Bertz CT molecular complexity index is 688. The number of hydrogen-bond acceptors (Lipinski definition) is 2. The van der Waals surface area contributed by atoms with Crippen LogP contribution in [0.5, 0.6) is 0 Å². The lowest BCUT2D eigenvalue weighted by Gasteiger charge is -2.22. The summed E-state index contributed by atoms with van der Waals surface area (Å²) in [7, 11) is 4.14. The SMILES string of the molecule is CCNC(=NCc1ccc(COC(C)C)cc1)N(C)Cc1cccn1C. The van der Waals surface area contributed by atoms with Crippen LogP contribution in [0.3, 0.4) is 0 Å². The molecule has 0 saturated carbocycles. The Kier molecular flexibility index (Phi) is 7.73. The lowest BCUT2D eigenvalue weighted by Crippen LogP contribution is -2.38. The van der Waals surface area contributed by atoms with Crippen molar-refractivity contribution in [2.75, 3.05) is 13.6 Å². The fourth-order valence-corrected chi connectivity index (χ4v) is 2.62. The Morgan fingerprint density at radius 2 is 1.88 bits per heavy atom. The second kappa shape index (κ2) is 10.0. The van der Waals surface area contributed by atoms with Crippen LogP contribution < -0.4 is 5.32 Å². The van der Waals surface area contributed by atoms with E-state index in [-0.39, 0.29) is 6.10 Å². The van der Waals surface area contributed by atoms with Gasteiger partial charge in [0.15, 0.2) is 5.96 Å². The Morgan fingerprint density at radius 3 is 2.46 bits per heavy atom. The third-order valence-electron chi connectivity index (χ3n) is 4.16. The first-order chi connectivity index (χ1) is 12.5. The zero-order valence-electron chi connectivity index (χ0n) is 16.7. The molecule has 142 valence electrons. The van der Waals surface area contributed by atoms with E-state index in [1.807, 2.05) is 0 Å². The van der Waals surface area contributed by atoms with Crippen molar-refractivity contribution in [1.29, 1.82) is 0 Å². The first kappa shape index (κ1) is 20.0. The number of aryl methyl sites for hydroxylation is 1. The molecule has 5 heteroatoms. The summed E-state index contributed by atoms with van der Waals surface area (Å²) in [5.41, 5.74) is 3.65. The third kappa shape index (κ3) is 6.23. The van der Waals surface area contributed by atoms with Crippen LogP contribution >= 0.6 is 0 Å². The maximum atomic E-state index is 5.64. The molecular formula is C21H32N4O. The molecule has 0 spiro atoms. The summed E-state index contributed by atoms with van der Waals surface area (Å²) in [6.45, 7) is 9.18. The van der Waals surface area contributed by atoms with Crippen molar-refractivity contribution in [2.24, 2.45) is 12.0 Å². The molecule has 0 aliphatic heterocycles. The highest BCUT2D eigenvalue weighted by Crippen LogP contribution is 2.09. The fourth-order valence-electron chi connectivity index (χ4n) is 2.62. The molecule has 0 aliphatic rings. The van der Waals surface area contributed by atoms with Gasteiger partial charge in [-0.15, -0.1) is 0 Å². The molecule has 0 bridgehead atoms. The number of nitrogens with one attached hydrogen (secondary N) is 1. The zero-order chi connectivity index (χ0) is 18.9. The Morgan fingerprint density at radius 1 is 1.19 bits per heavy atom. The highest BCUT2D eigenvalue weighted by atomic mass is 16.5. The summed E-state index contributed by atoms with van der Waals surface area (Å²) >= 11 is 0. The minimum Gasteiger partial charge on any atom is -0.374 e. The maximum Gasteiger partial charge on any atom is 0.194 e. The molecule has 0 aliphatic carbocycles. The lowest BCUT2D eigenvalue weighted by atomic mass is 10.1. The summed E-state index contributed by atoms with van der Waals surface area (Å²) in [5, 5.41) is 3.38. The lowest BCUT2D eigenvalue weighted by molar-refractivity contribution is 0.0657. The number of benzene rings is 1. The monoisotopic (exact) mass is 356 g/mol. The second-order valence-corrected chi connectivity index (χ2v) is 6.81. The van der Waals surface area contributed by atoms with Crippen LogP contribution in [0.25, 0.3) is 0 Å². The third-order valence-corrected chi connectivity index (χ3v) is 4.16. The first-order valence-electron chi connectivity index (χ1n) is 9.28. The van der Waals surface area contributed by atoms with Crippen LogP contribution in [0, 0.1) is 0 Å². The molecule has 2 rings (SSSR count). The van der Waals surface area contributed by atoms with E-state index in [1.165, 1.54) is 16.8 Å². The van der Waals surface area contributed by atoms with Gasteiger partial charge in [-0.25, -0.2) is 4.99 Å². The van der Waals surface area contributed by atoms with E-state index in [0.717, 1.165) is 19.0 Å². The Labute approximate surface area is 157 Å². The number of hydrogen-bond donors (Lipinski definition) is 1. The Hall–Kier alpha value is -2.27. The molecule has 0 unspecified atom stereocenters. The standard InChI is InChI=1S/C21H32N4O/c1-6-22-21(25(5)15-20-8-7-13-24(20)4)23-14-18-9-11-19(12-10-18)16-26-17(2)3/h7-13,17H,6,14-16H2,1-5H3,(H,22,23). The minimum atomic E-state index is 0.252. The number of ether oxygens (including phenoxy) is 1. The van der Waals surface area contributed by atoms with Crippen molar-refractivity contribution in [1.82, 2.24) is 14.8 Å². The molecule has 2 aromatic rings.